The Bertz CT molecular complexity index is 503. The van der Waals surface area contributed by atoms with E-state index in [0.717, 1.165) is 23.1 Å². The van der Waals surface area contributed by atoms with E-state index in [1.54, 1.807) is 7.05 Å². The molecule has 114 valence electrons. The molecule has 3 rings (SSSR count). The summed E-state index contributed by atoms with van der Waals surface area (Å²) in [4.78, 5) is 10.9. The number of hydrogen-bond acceptors (Lipinski definition) is 3. The number of hydrogen-bond donors (Lipinski definition) is 2. The predicted octanol–water partition coefficient (Wildman–Crippen LogP) is 2.27. The maximum atomic E-state index is 10.9. The first kappa shape index (κ1) is 14.2. The third-order valence-electron chi connectivity index (χ3n) is 4.73. The van der Waals surface area contributed by atoms with Crippen molar-refractivity contribution in [1.82, 2.24) is 10.4 Å². The van der Waals surface area contributed by atoms with Crippen molar-refractivity contribution in [3.63, 3.8) is 0 Å². The van der Waals surface area contributed by atoms with E-state index in [1.807, 2.05) is 24.3 Å². The Balaban J connectivity index is 1.51. The van der Waals surface area contributed by atoms with Gasteiger partial charge in [0.15, 0.2) is 0 Å². The summed E-state index contributed by atoms with van der Waals surface area (Å²) in [6, 6.07) is 7.56. The maximum Gasteiger partial charge on any atom is 0.328 e. The topological polar surface area (TPSA) is 67.6 Å². The Morgan fingerprint density at radius 2 is 2.10 bits per heavy atom. The standard InChI is InChI=1S/C16H23N3O2/c1-19(16(17)20)18-10-11-3-6-14(7-4-11)21-15-9-12-2-5-13(15)8-12/h3-4,6-7,12-13,15,18H,2,5,8-10H2,1H3,(H2,17,20). The van der Waals surface area contributed by atoms with Crippen molar-refractivity contribution >= 4 is 6.03 Å². The summed E-state index contributed by atoms with van der Waals surface area (Å²) in [5.41, 5.74) is 9.17. The van der Waals surface area contributed by atoms with E-state index in [9.17, 15) is 4.79 Å². The van der Waals surface area contributed by atoms with E-state index in [1.165, 1.54) is 30.7 Å². The van der Waals surface area contributed by atoms with Gasteiger partial charge in [-0.3, -0.25) is 5.01 Å². The summed E-state index contributed by atoms with van der Waals surface area (Å²) in [6.07, 6.45) is 5.71. The molecule has 3 unspecified atom stereocenters. The lowest BCUT2D eigenvalue weighted by atomic mass is 9.98. The molecule has 5 heteroatoms. The predicted molar refractivity (Wildman–Crippen MR) is 80.5 cm³/mol. The summed E-state index contributed by atoms with van der Waals surface area (Å²) in [5, 5.41) is 1.28. The minimum absolute atomic E-state index is 0.411. The van der Waals surface area contributed by atoms with E-state index in [0.29, 0.717) is 12.6 Å². The summed E-state index contributed by atoms with van der Waals surface area (Å²) in [5.74, 6) is 2.60. The molecule has 0 aromatic heterocycles. The van der Waals surface area contributed by atoms with Crippen LogP contribution in [0.25, 0.3) is 0 Å². The molecule has 2 aliphatic carbocycles. The molecule has 21 heavy (non-hydrogen) atoms. The van der Waals surface area contributed by atoms with Crippen LogP contribution in [-0.2, 0) is 6.54 Å². The van der Waals surface area contributed by atoms with Crippen molar-refractivity contribution in [3.05, 3.63) is 29.8 Å². The summed E-state index contributed by atoms with van der Waals surface area (Å²) in [6.45, 7) is 0.563. The highest BCUT2D eigenvalue weighted by molar-refractivity contribution is 5.70. The number of fused-ring (bicyclic) bond motifs is 2. The van der Waals surface area contributed by atoms with Crippen LogP contribution in [0.15, 0.2) is 24.3 Å². The molecular formula is C16H23N3O2. The number of hydrazine groups is 1. The average molecular weight is 289 g/mol. The van der Waals surface area contributed by atoms with Crippen molar-refractivity contribution in [3.8, 4) is 5.75 Å². The van der Waals surface area contributed by atoms with E-state index >= 15 is 0 Å². The second-order valence-corrected chi connectivity index (χ2v) is 6.21. The van der Waals surface area contributed by atoms with Crippen LogP contribution in [0, 0.1) is 11.8 Å². The van der Waals surface area contributed by atoms with Crippen LogP contribution in [0.1, 0.15) is 31.2 Å². The number of nitrogens with zero attached hydrogens (tertiary/aromatic N) is 1. The zero-order valence-corrected chi connectivity index (χ0v) is 12.4. The quantitative estimate of drug-likeness (QED) is 0.817. The van der Waals surface area contributed by atoms with Gasteiger partial charge in [0.05, 0.1) is 0 Å². The molecule has 0 spiro atoms. The van der Waals surface area contributed by atoms with Gasteiger partial charge in [-0.15, -0.1) is 0 Å². The number of amides is 2. The molecule has 0 radical (unpaired) electrons. The Hall–Kier alpha value is -1.75. The molecule has 2 amide bonds. The van der Waals surface area contributed by atoms with Crippen LogP contribution in [0.4, 0.5) is 4.79 Å². The number of carbonyl (C=O) groups is 1. The first-order valence-electron chi connectivity index (χ1n) is 7.64. The van der Waals surface area contributed by atoms with Gasteiger partial charge in [0.1, 0.15) is 11.9 Å². The van der Waals surface area contributed by atoms with Gasteiger partial charge in [0.2, 0.25) is 0 Å². The molecule has 2 bridgehead atoms. The molecule has 3 atom stereocenters. The van der Waals surface area contributed by atoms with Gasteiger partial charge in [-0.25, -0.2) is 10.2 Å². The smallest absolute Gasteiger partial charge is 0.328 e. The van der Waals surface area contributed by atoms with Crippen molar-refractivity contribution in [2.24, 2.45) is 17.6 Å². The fourth-order valence-corrected chi connectivity index (χ4v) is 3.48. The largest absolute Gasteiger partial charge is 0.490 e. The highest BCUT2D eigenvalue weighted by Crippen LogP contribution is 2.45. The lowest BCUT2D eigenvalue weighted by molar-refractivity contribution is 0.138. The zero-order chi connectivity index (χ0) is 14.8. The summed E-state index contributed by atoms with van der Waals surface area (Å²) < 4.78 is 6.12. The molecule has 1 aromatic rings. The summed E-state index contributed by atoms with van der Waals surface area (Å²) in [7, 11) is 1.61. The van der Waals surface area contributed by atoms with Crippen molar-refractivity contribution < 1.29 is 9.53 Å². The van der Waals surface area contributed by atoms with Crippen LogP contribution in [-0.4, -0.2) is 24.2 Å². The molecule has 3 N–H and O–H groups in total. The third kappa shape index (κ3) is 3.29. The number of rotatable bonds is 5. The van der Waals surface area contributed by atoms with E-state index in [-0.39, 0.29) is 0 Å². The number of benzene rings is 1. The molecule has 2 aliphatic rings. The minimum Gasteiger partial charge on any atom is -0.490 e. The Labute approximate surface area is 125 Å². The monoisotopic (exact) mass is 289 g/mol. The fraction of sp³-hybridized carbons (Fsp3) is 0.562. The molecule has 5 nitrogen and oxygen atoms in total. The van der Waals surface area contributed by atoms with E-state index < -0.39 is 6.03 Å². The maximum absolute atomic E-state index is 10.9. The zero-order valence-electron chi connectivity index (χ0n) is 12.4. The molecule has 1 aromatic carbocycles. The fourth-order valence-electron chi connectivity index (χ4n) is 3.48. The van der Waals surface area contributed by atoms with Crippen LogP contribution < -0.4 is 15.9 Å². The van der Waals surface area contributed by atoms with Crippen molar-refractivity contribution in [2.75, 3.05) is 7.05 Å². The number of nitrogens with two attached hydrogens (primary N) is 1. The van der Waals surface area contributed by atoms with Gasteiger partial charge in [-0.1, -0.05) is 12.1 Å². The normalized spacial score (nSPS) is 26.8. The van der Waals surface area contributed by atoms with Gasteiger partial charge in [0.25, 0.3) is 0 Å². The van der Waals surface area contributed by atoms with Gasteiger partial charge >= 0.3 is 6.03 Å². The first-order valence-corrected chi connectivity index (χ1v) is 7.64. The number of primary amides is 1. The highest BCUT2D eigenvalue weighted by atomic mass is 16.5. The molecular weight excluding hydrogens is 266 g/mol. The molecule has 2 saturated carbocycles. The molecule has 0 aliphatic heterocycles. The Morgan fingerprint density at radius 3 is 2.67 bits per heavy atom. The van der Waals surface area contributed by atoms with Crippen LogP contribution in [0.2, 0.25) is 0 Å². The Kier molecular flexibility index (Phi) is 4.01. The first-order chi connectivity index (χ1) is 10.1. The number of nitrogens with one attached hydrogen (secondary N) is 1. The second kappa shape index (κ2) is 5.93. The van der Waals surface area contributed by atoms with E-state index in [2.05, 4.69) is 5.43 Å². The average Bonchev–Trinajstić information content (AvgIpc) is 3.08. The number of urea groups is 1. The summed E-state index contributed by atoms with van der Waals surface area (Å²) >= 11 is 0. The number of ether oxygens (including phenoxy) is 1. The van der Waals surface area contributed by atoms with Crippen LogP contribution >= 0.6 is 0 Å². The lowest BCUT2D eigenvalue weighted by Crippen LogP contribution is -2.42. The minimum atomic E-state index is -0.494. The molecule has 2 fully saturated rings. The molecule has 0 heterocycles. The number of carbonyl (C=O) groups excluding carboxylic acids is 1. The molecule has 0 saturated heterocycles. The second-order valence-electron chi connectivity index (χ2n) is 6.21. The van der Waals surface area contributed by atoms with Crippen LogP contribution in [0.3, 0.4) is 0 Å². The van der Waals surface area contributed by atoms with Crippen LogP contribution in [0.5, 0.6) is 5.75 Å². The lowest BCUT2D eigenvalue weighted by Gasteiger charge is -2.23. The van der Waals surface area contributed by atoms with Gasteiger partial charge in [-0.2, -0.15) is 0 Å². The van der Waals surface area contributed by atoms with E-state index in [4.69, 9.17) is 10.5 Å². The van der Waals surface area contributed by atoms with Crippen molar-refractivity contribution in [2.45, 2.75) is 38.3 Å². The SMILES string of the molecule is CN(NCc1ccc(OC2CC3CCC2C3)cc1)C(N)=O. The van der Waals surface area contributed by atoms with Gasteiger partial charge in [0, 0.05) is 13.6 Å². The highest BCUT2D eigenvalue weighted by Gasteiger charge is 2.40. The van der Waals surface area contributed by atoms with Gasteiger partial charge < -0.3 is 10.5 Å². The third-order valence-corrected chi connectivity index (χ3v) is 4.73. The van der Waals surface area contributed by atoms with Crippen molar-refractivity contribution in [1.29, 1.82) is 0 Å². The van der Waals surface area contributed by atoms with Gasteiger partial charge in [-0.05, 0) is 55.2 Å². The Morgan fingerprint density at radius 1 is 1.33 bits per heavy atom.